The van der Waals surface area contributed by atoms with Crippen LogP contribution in [0.3, 0.4) is 0 Å². The van der Waals surface area contributed by atoms with Crippen molar-refractivity contribution in [3.05, 3.63) is 64.1 Å². The molecular weight excluding hydrogens is 324 g/mol. The van der Waals surface area contributed by atoms with E-state index in [1.807, 2.05) is 12.1 Å². The SMILES string of the molecule is CO[C](=[Cr])c1ccco1.[C-]#[O+].[C-]#[O+].[C-]#[O+].[C-]#[O+].[C-]#[O+].[C-]#[O+]. The molecule has 0 spiro atoms. The molecule has 0 aromatic carbocycles. The van der Waals surface area contributed by atoms with E-state index in [2.05, 4.69) is 55.8 Å². The average Bonchev–Trinajstić information content (AvgIpc) is 3.19. The molecule has 0 aliphatic rings. The van der Waals surface area contributed by atoms with Crippen LogP contribution in [0.2, 0.25) is 0 Å². The number of hydrogen-bond donors (Lipinski definition) is 0. The molecule has 0 amide bonds. The van der Waals surface area contributed by atoms with Gasteiger partial charge in [-0.2, -0.15) is 0 Å². The first-order valence-corrected chi connectivity index (χ1v) is 4.32. The van der Waals surface area contributed by atoms with Crippen LogP contribution in [0.1, 0.15) is 5.76 Å². The average molecular weight is 330 g/mol. The molecular formula is C12H6CrO8. The van der Waals surface area contributed by atoms with E-state index in [1.54, 1.807) is 13.4 Å². The monoisotopic (exact) mass is 330 g/mol. The molecule has 21 heavy (non-hydrogen) atoms. The molecule has 1 aromatic heterocycles. The first-order valence-electron chi connectivity index (χ1n) is 3.69. The van der Waals surface area contributed by atoms with Crippen molar-refractivity contribution in [3.8, 4) is 0 Å². The molecule has 9 heteroatoms. The Labute approximate surface area is 129 Å². The summed E-state index contributed by atoms with van der Waals surface area (Å²) in [5.41, 5.74) is 0. The zero-order chi connectivity index (χ0) is 18.7. The molecule has 0 radical (unpaired) electrons. The summed E-state index contributed by atoms with van der Waals surface area (Å²) < 4.78 is 55.5. The van der Waals surface area contributed by atoms with Crippen molar-refractivity contribution in [1.29, 1.82) is 0 Å². The number of hydrogen-bond acceptors (Lipinski definition) is 2. The Hall–Kier alpha value is -1.92. The van der Waals surface area contributed by atoms with Gasteiger partial charge in [0.15, 0.2) is 0 Å². The molecule has 1 rings (SSSR count). The predicted octanol–water partition coefficient (Wildman–Crippen LogP) is 0.726. The van der Waals surface area contributed by atoms with E-state index in [9.17, 15) is 0 Å². The summed E-state index contributed by atoms with van der Waals surface area (Å²) in [6.45, 7) is 27.0. The fraction of sp³-hybridized carbons (Fsp3) is 0.0833. The van der Waals surface area contributed by atoms with Gasteiger partial charge in [0.2, 0.25) is 0 Å². The Balaban J connectivity index is -0.0000000400. The van der Waals surface area contributed by atoms with E-state index in [0.717, 1.165) is 5.76 Å². The summed E-state index contributed by atoms with van der Waals surface area (Å²) in [5, 5.41) is 0. The van der Waals surface area contributed by atoms with E-state index < -0.39 is 0 Å². The topological polar surface area (TPSA) is 142 Å². The van der Waals surface area contributed by atoms with Crippen molar-refractivity contribution < 1.29 is 52.9 Å². The number of ether oxygens (including phenoxy) is 1. The molecule has 0 N–H and O–H groups in total. The van der Waals surface area contributed by atoms with Gasteiger partial charge in [0, 0.05) is 0 Å². The Morgan fingerprint density at radius 3 is 1.43 bits per heavy atom. The summed E-state index contributed by atoms with van der Waals surface area (Å²) in [4.78, 5) is 0. The van der Waals surface area contributed by atoms with Gasteiger partial charge in [-0.3, -0.25) is 0 Å². The van der Waals surface area contributed by atoms with Gasteiger partial charge in [-0.05, 0) is 0 Å². The molecule has 0 bridgehead atoms. The Morgan fingerprint density at radius 1 is 0.905 bits per heavy atom. The van der Waals surface area contributed by atoms with Crippen LogP contribution in [0.5, 0.6) is 0 Å². The van der Waals surface area contributed by atoms with Gasteiger partial charge in [0.1, 0.15) is 0 Å². The third kappa shape index (κ3) is 38.1. The standard InChI is InChI=1S/C6H6O2.6CO.Cr/c1-7-5-6-3-2-4-8-6;6*1-2;/h2-4H,1H3;;;;;;;. The molecule has 0 fully saturated rings. The van der Waals surface area contributed by atoms with Crippen LogP contribution < -0.4 is 0 Å². The van der Waals surface area contributed by atoms with Crippen molar-refractivity contribution in [1.82, 2.24) is 0 Å². The Kier molecular flexibility index (Phi) is 111. The second-order valence-corrected chi connectivity index (χ2v) is 2.05. The van der Waals surface area contributed by atoms with Gasteiger partial charge in [-0.15, -0.1) is 0 Å². The molecule has 8 nitrogen and oxygen atoms in total. The summed E-state index contributed by atoms with van der Waals surface area (Å²) in [6, 6.07) is 3.64. The van der Waals surface area contributed by atoms with Gasteiger partial charge in [0.05, 0.1) is 0 Å². The summed E-state index contributed by atoms with van der Waals surface area (Å²) >= 11 is 2.73. The van der Waals surface area contributed by atoms with Crippen LogP contribution in [0.15, 0.2) is 22.8 Å². The molecule has 0 atom stereocenters. The fourth-order valence-corrected chi connectivity index (χ4v) is 0.677. The first-order chi connectivity index (χ1) is 10.3. The van der Waals surface area contributed by atoms with Crippen LogP contribution in [0.25, 0.3) is 0 Å². The van der Waals surface area contributed by atoms with E-state index in [4.69, 9.17) is 37.1 Å². The normalized spacial score (nSPS) is 4.62. The maximum atomic E-state index is 7.50. The summed E-state index contributed by atoms with van der Waals surface area (Å²) in [6.07, 6.45) is 1.60. The van der Waals surface area contributed by atoms with Gasteiger partial charge in [-0.25, -0.2) is 0 Å². The first kappa shape index (κ1) is 36.5. The molecule has 108 valence electrons. The molecule has 0 aliphatic heterocycles. The third-order valence-electron chi connectivity index (χ3n) is 0.908. The Morgan fingerprint density at radius 2 is 1.24 bits per heavy atom. The summed E-state index contributed by atoms with van der Waals surface area (Å²) in [5.74, 6) is 0.734. The molecule has 0 saturated heterocycles. The van der Waals surface area contributed by atoms with Gasteiger partial charge in [0.25, 0.3) is 0 Å². The zero-order valence-corrected chi connectivity index (χ0v) is 11.7. The molecule has 0 aliphatic carbocycles. The summed E-state index contributed by atoms with van der Waals surface area (Å²) in [7, 11) is 1.59. The van der Waals surface area contributed by atoms with Gasteiger partial charge in [-0.1, -0.05) is 0 Å². The van der Waals surface area contributed by atoms with Crippen LogP contribution in [-0.4, -0.2) is 11.7 Å². The molecule has 0 saturated carbocycles. The second-order valence-electron chi connectivity index (χ2n) is 1.47. The predicted molar refractivity (Wildman–Crippen MR) is 53.4 cm³/mol. The number of methoxy groups -OCH3 is 1. The van der Waals surface area contributed by atoms with Gasteiger partial charge < -0.3 is 0 Å². The molecule has 1 heterocycles. The minimum atomic E-state index is 0.681. The number of furan rings is 1. The van der Waals surface area contributed by atoms with E-state index in [1.165, 1.54) is 0 Å². The Bertz CT molecular complexity index is 361. The third-order valence-corrected chi connectivity index (χ3v) is 1.48. The van der Waals surface area contributed by atoms with Gasteiger partial charge >= 0.3 is 129 Å². The number of rotatable bonds is 2. The van der Waals surface area contributed by atoms with E-state index in [-0.39, 0.29) is 0 Å². The van der Waals surface area contributed by atoms with Crippen molar-refractivity contribution in [2.24, 2.45) is 0 Å². The van der Waals surface area contributed by atoms with Crippen LogP contribution in [0, 0.1) is 39.9 Å². The minimum absolute atomic E-state index is 0.681. The van der Waals surface area contributed by atoms with E-state index >= 15 is 0 Å². The molecule has 0 unspecified atom stereocenters. The van der Waals surface area contributed by atoms with Crippen LogP contribution >= 0.6 is 0 Å². The quantitative estimate of drug-likeness (QED) is 0.582. The zero-order valence-electron chi connectivity index (χ0n) is 10.4. The van der Waals surface area contributed by atoms with Crippen molar-refractivity contribution in [2.75, 3.05) is 7.11 Å². The molecule has 1 aromatic rings. The maximum absolute atomic E-state index is 7.50. The fourth-order valence-electron chi connectivity index (χ4n) is 0.495. The van der Waals surface area contributed by atoms with Crippen molar-refractivity contribution >= 4 is 4.57 Å². The van der Waals surface area contributed by atoms with Crippen LogP contribution in [0.4, 0.5) is 0 Å². The van der Waals surface area contributed by atoms with Crippen LogP contribution in [-0.2, 0) is 48.5 Å². The van der Waals surface area contributed by atoms with E-state index in [0.29, 0.717) is 4.57 Å². The van der Waals surface area contributed by atoms with Crippen molar-refractivity contribution in [3.63, 3.8) is 0 Å². The van der Waals surface area contributed by atoms with Crippen molar-refractivity contribution in [2.45, 2.75) is 0 Å². The second kappa shape index (κ2) is 64.0.